The molecule has 5 nitrogen and oxygen atoms in total. The number of nitrogens with zero attached hydrogens (tertiary/aromatic N) is 2. The summed E-state index contributed by atoms with van der Waals surface area (Å²) in [6.45, 7) is 1.91. The fourth-order valence-corrected chi connectivity index (χ4v) is 4.35. The van der Waals surface area contributed by atoms with Crippen LogP contribution >= 0.6 is 22.7 Å². The summed E-state index contributed by atoms with van der Waals surface area (Å²) in [5.74, 6) is -3.40. The number of hydrogen-bond donors (Lipinski definition) is 1. The van der Waals surface area contributed by atoms with Gasteiger partial charge in [0.25, 0.3) is 0 Å². The number of amides is 1. The summed E-state index contributed by atoms with van der Waals surface area (Å²) in [5.41, 5.74) is 0.808. The zero-order chi connectivity index (χ0) is 18.8. The molecule has 1 amide bonds. The monoisotopic (exact) mass is 396 g/mol. The van der Waals surface area contributed by atoms with Crippen molar-refractivity contribution in [1.29, 1.82) is 0 Å². The van der Waals surface area contributed by atoms with E-state index in [1.165, 1.54) is 33.6 Å². The zero-order valence-corrected chi connectivity index (χ0v) is 15.3. The summed E-state index contributed by atoms with van der Waals surface area (Å²) in [6, 6.07) is 4.34. The Balaban J connectivity index is 1.93. The van der Waals surface area contributed by atoms with Gasteiger partial charge in [-0.15, -0.1) is 22.7 Å². The van der Waals surface area contributed by atoms with Gasteiger partial charge in [-0.25, -0.2) is 13.8 Å². The van der Waals surface area contributed by atoms with Crippen molar-refractivity contribution in [3.05, 3.63) is 45.8 Å². The van der Waals surface area contributed by atoms with Gasteiger partial charge in [-0.05, 0) is 36.1 Å². The Labute approximate surface area is 155 Å². The largest absolute Gasteiger partial charge is 0.481 e. The summed E-state index contributed by atoms with van der Waals surface area (Å²) in [5, 5.41) is 11.8. The molecule has 3 aromatic rings. The second-order valence-corrected chi connectivity index (χ2v) is 7.61. The van der Waals surface area contributed by atoms with Gasteiger partial charge in [0.2, 0.25) is 5.91 Å². The van der Waals surface area contributed by atoms with E-state index >= 15 is 0 Å². The van der Waals surface area contributed by atoms with E-state index in [4.69, 9.17) is 5.11 Å². The number of anilines is 1. The number of halogens is 2. The van der Waals surface area contributed by atoms with Crippen molar-refractivity contribution in [2.24, 2.45) is 0 Å². The molecule has 1 aromatic carbocycles. The molecule has 0 aliphatic carbocycles. The molecule has 0 radical (unpaired) electrons. The van der Waals surface area contributed by atoms with E-state index < -0.39 is 17.6 Å². The third-order valence-electron chi connectivity index (χ3n) is 3.72. The normalized spacial score (nSPS) is 11.0. The molecule has 0 saturated heterocycles. The number of benzene rings is 1. The number of aliphatic carboxylic acids is 1. The standard InChI is InChI=1S/C17H14F2N2O3S2/c1-9-6-7-25-17(9)21(13(22)4-5-14(23)24)8-12-20-16-11(26-12)3-2-10(18)15(16)19/h2-3,6-7H,4-5,8H2,1H3,(H,23,24). The average molecular weight is 396 g/mol. The number of thiophene rings is 1. The molecule has 2 heterocycles. The van der Waals surface area contributed by atoms with Crippen molar-refractivity contribution in [1.82, 2.24) is 4.98 Å². The minimum Gasteiger partial charge on any atom is -0.481 e. The first-order valence-electron chi connectivity index (χ1n) is 7.66. The number of fused-ring (bicyclic) bond motifs is 1. The van der Waals surface area contributed by atoms with E-state index in [1.807, 2.05) is 18.4 Å². The topological polar surface area (TPSA) is 70.5 Å². The maximum Gasteiger partial charge on any atom is 0.303 e. The molecule has 0 unspecified atom stereocenters. The minimum atomic E-state index is -1.06. The molecule has 0 aliphatic heterocycles. The SMILES string of the molecule is Cc1ccsc1N(Cc1nc2c(F)c(F)ccc2s1)C(=O)CCC(=O)O. The molecule has 26 heavy (non-hydrogen) atoms. The Bertz CT molecular complexity index is 984. The molecule has 0 bridgehead atoms. The molecule has 1 N–H and O–H groups in total. The van der Waals surface area contributed by atoms with E-state index in [0.717, 1.165) is 11.6 Å². The van der Waals surface area contributed by atoms with Gasteiger partial charge in [-0.2, -0.15) is 0 Å². The van der Waals surface area contributed by atoms with E-state index in [-0.39, 0.29) is 30.8 Å². The van der Waals surface area contributed by atoms with Crippen LogP contribution in [-0.4, -0.2) is 22.0 Å². The number of carboxylic acids is 1. The van der Waals surface area contributed by atoms with Gasteiger partial charge in [-0.1, -0.05) is 0 Å². The van der Waals surface area contributed by atoms with Gasteiger partial charge in [-0.3, -0.25) is 14.5 Å². The summed E-state index contributed by atoms with van der Waals surface area (Å²) in [4.78, 5) is 28.9. The number of carboxylic acid groups (broad SMARTS) is 1. The van der Waals surface area contributed by atoms with Gasteiger partial charge in [0.15, 0.2) is 11.6 Å². The van der Waals surface area contributed by atoms with Crippen LogP contribution in [0, 0.1) is 18.6 Å². The summed E-state index contributed by atoms with van der Waals surface area (Å²) < 4.78 is 27.7. The third kappa shape index (κ3) is 3.73. The lowest BCUT2D eigenvalue weighted by atomic mass is 10.2. The van der Waals surface area contributed by atoms with Crippen molar-refractivity contribution in [2.75, 3.05) is 4.90 Å². The summed E-state index contributed by atoms with van der Waals surface area (Å²) >= 11 is 2.52. The molecule has 0 saturated carbocycles. The second-order valence-electron chi connectivity index (χ2n) is 5.60. The quantitative estimate of drug-likeness (QED) is 0.673. The summed E-state index contributed by atoms with van der Waals surface area (Å²) in [6.07, 6.45) is -0.431. The van der Waals surface area contributed by atoms with Gasteiger partial charge < -0.3 is 5.11 Å². The minimum absolute atomic E-state index is 0.0640. The number of carbonyl (C=O) groups excluding carboxylic acids is 1. The first-order chi connectivity index (χ1) is 12.4. The highest BCUT2D eigenvalue weighted by Crippen LogP contribution is 2.32. The van der Waals surface area contributed by atoms with E-state index in [1.54, 1.807) is 0 Å². The fraction of sp³-hybridized carbons (Fsp3) is 0.235. The number of thiazole rings is 1. The molecular formula is C17H14F2N2O3S2. The van der Waals surface area contributed by atoms with Gasteiger partial charge in [0.05, 0.1) is 17.7 Å². The fourth-order valence-electron chi connectivity index (χ4n) is 2.45. The van der Waals surface area contributed by atoms with E-state index in [9.17, 15) is 18.4 Å². The average Bonchev–Trinajstić information content (AvgIpc) is 3.20. The van der Waals surface area contributed by atoms with Crippen LogP contribution in [0.25, 0.3) is 10.2 Å². The Hall–Kier alpha value is -2.39. The highest BCUT2D eigenvalue weighted by Gasteiger charge is 2.22. The highest BCUT2D eigenvalue weighted by molar-refractivity contribution is 7.18. The number of hydrogen-bond acceptors (Lipinski definition) is 5. The van der Waals surface area contributed by atoms with Crippen LogP contribution in [0.15, 0.2) is 23.6 Å². The predicted molar refractivity (Wildman–Crippen MR) is 96.7 cm³/mol. The van der Waals surface area contributed by atoms with Crippen molar-refractivity contribution in [3.63, 3.8) is 0 Å². The summed E-state index contributed by atoms with van der Waals surface area (Å²) in [7, 11) is 0. The van der Waals surface area contributed by atoms with E-state index in [2.05, 4.69) is 4.98 Å². The Kier molecular flexibility index (Phi) is 5.28. The van der Waals surface area contributed by atoms with Crippen LogP contribution in [0.4, 0.5) is 13.8 Å². The first-order valence-corrected chi connectivity index (χ1v) is 9.36. The lowest BCUT2D eigenvalue weighted by Gasteiger charge is -2.21. The predicted octanol–water partition coefficient (Wildman–Crippen LogP) is 4.34. The molecule has 0 spiro atoms. The Morgan fingerprint density at radius 3 is 2.65 bits per heavy atom. The lowest BCUT2D eigenvalue weighted by Crippen LogP contribution is -2.30. The maximum absolute atomic E-state index is 13.9. The van der Waals surface area contributed by atoms with Crippen LogP contribution in [-0.2, 0) is 16.1 Å². The van der Waals surface area contributed by atoms with Crippen molar-refractivity contribution in [3.8, 4) is 0 Å². The zero-order valence-electron chi connectivity index (χ0n) is 13.7. The maximum atomic E-state index is 13.9. The molecule has 9 heteroatoms. The number of aromatic nitrogens is 1. The van der Waals surface area contributed by atoms with Crippen molar-refractivity contribution in [2.45, 2.75) is 26.3 Å². The number of carbonyl (C=O) groups is 2. The molecule has 2 aromatic heterocycles. The van der Waals surface area contributed by atoms with Crippen LogP contribution in [0.3, 0.4) is 0 Å². The van der Waals surface area contributed by atoms with E-state index in [0.29, 0.717) is 14.7 Å². The highest BCUT2D eigenvalue weighted by atomic mass is 32.1. The van der Waals surface area contributed by atoms with Crippen LogP contribution in [0.5, 0.6) is 0 Å². The molecule has 0 fully saturated rings. The molecule has 0 atom stereocenters. The second kappa shape index (κ2) is 7.46. The van der Waals surface area contributed by atoms with Gasteiger partial charge in [0, 0.05) is 6.42 Å². The van der Waals surface area contributed by atoms with Crippen molar-refractivity contribution < 1.29 is 23.5 Å². The van der Waals surface area contributed by atoms with Gasteiger partial charge >= 0.3 is 5.97 Å². The Morgan fingerprint density at radius 2 is 2.00 bits per heavy atom. The van der Waals surface area contributed by atoms with Gasteiger partial charge in [0.1, 0.15) is 15.5 Å². The molecule has 0 aliphatic rings. The smallest absolute Gasteiger partial charge is 0.303 e. The van der Waals surface area contributed by atoms with Crippen LogP contribution < -0.4 is 4.90 Å². The number of rotatable bonds is 6. The molecule has 136 valence electrons. The molecular weight excluding hydrogens is 382 g/mol. The number of aryl methyl sites for hydroxylation is 1. The Morgan fingerprint density at radius 1 is 1.23 bits per heavy atom. The van der Waals surface area contributed by atoms with Crippen LogP contribution in [0.2, 0.25) is 0 Å². The van der Waals surface area contributed by atoms with Crippen molar-refractivity contribution >= 4 is 49.8 Å². The lowest BCUT2D eigenvalue weighted by molar-refractivity contribution is -0.138. The third-order valence-corrected chi connectivity index (χ3v) is 5.77. The van der Waals surface area contributed by atoms with Crippen LogP contribution in [0.1, 0.15) is 23.4 Å². The molecule has 3 rings (SSSR count). The first kappa shape index (κ1) is 18.4.